The number of nitrogens with one attached hydrogen (secondary N) is 2. The zero-order chi connectivity index (χ0) is 21.3. The van der Waals surface area contributed by atoms with Gasteiger partial charge in [-0.05, 0) is 23.8 Å². The third kappa shape index (κ3) is 8.22. The molecule has 0 aliphatic heterocycles. The molecule has 150 valence electrons. The van der Waals surface area contributed by atoms with Gasteiger partial charge in [0.05, 0.1) is 0 Å². The molecule has 0 bridgehead atoms. The fourth-order valence-corrected chi connectivity index (χ4v) is 1.77. The van der Waals surface area contributed by atoms with E-state index < -0.39 is 42.8 Å². The topological polar surface area (TPSA) is 112 Å². The number of urea groups is 1. The van der Waals surface area contributed by atoms with E-state index in [4.69, 9.17) is 5.26 Å². The van der Waals surface area contributed by atoms with Crippen LogP contribution in [0.4, 0.5) is 23.7 Å². The van der Waals surface area contributed by atoms with Crippen molar-refractivity contribution in [3.63, 3.8) is 0 Å². The van der Waals surface area contributed by atoms with Gasteiger partial charge in [-0.1, -0.05) is 12.1 Å². The summed E-state index contributed by atoms with van der Waals surface area (Å²) in [6.45, 7) is -2.57. The van der Waals surface area contributed by atoms with E-state index >= 15 is 0 Å². The Balaban J connectivity index is 2.58. The molecule has 0 aliphatic rings. The SMILES string of the molecule is CN(C)c1ccc(/C=C(\C#N)C(=O)OCC(=O)NC(=O)NCC(F)(F)F)cc1. The molecule has 1 rings (SSSR count). The van der Waals surface area contributed by atoms with Crippen molar-refractivity contribution in [2.24, 2.45) is 0 Å². The third-order valence-corrected chi connectivity index (χ3v) is 3.10. The number of hydrogen-bond donors (Lipinski definition) is 2. The lowest BCUT2D eigenvalue weighted by Crippen LogP contribution is -2.44. The zero-order valence-corrected chi connectivity index (χ0v) is 15.0. The molecular formula is C17H17F3N4O4. The Labute approximate surface area is 158 Å². The van der Waals surface area contributed by atoms with E-state index in [1.807, 2.05) is 19.0 Å². The van der Waals surface area contributed by atoms with E-state index in [9.17, 15) is 27.6 Å². The van der Waals surface area contributed by atoms with Gasteiger partial charge in [-0.2, -0.15) is 18.4 Å². The van der Waals surface area contributed by atoms with Gasteiger partial charge in [0, 0.05) is 19.8 Å². The number of halogens is 3. The number of carbonyl (C=O) groups excluding carboxylic acids is 3. The van der Waals surface area contributed by atoms with Crippen molar-refractivity contribution in [2.75, 3.05) is 32.1 Å². The van der Waals surface area contributed by atoms with Crippen LogP contribution in [-0.4, -0.2) is 51.3 Å². The minimum absolute atomic E-state index is 0.396. The van der Waals surface area contributed by atoms with Crippen molar-refractivity contribution in [1.82, 2.24) is 10.6 Å². The first-order valence-corrected chi connectivity index (χ1v) is 7.72. The lowest BCUT2D eigenvalue weighted by molar-refractivity contribution is -0.144. The van der Waals surface area contributed by atoms with E-state index in [0.29, 0.717) is 5.56 Å². The Bertz CT molecular complexity index is 796. The lowest BCUT2D eigenvalue weighted by Gasteiger charge is -2.11. The summed E-state index contributed by atoms with van der Waals surface area (Å²) in [7, 11) is 3.69. The number of alkyl halides is 3. The molecule has 2 N–H and O–H groups in total. The van der Waals surface area contributed by atoms with E-state index in [1.54, 1.807) is 35.7 Å². The maximum Gasteiger partial charge on any atom is 0.405 e. The number of ether oxygens (including phenoxy) is 1. The molecule has 0 aromatic heterocycles. The van der Waals surface area contributed by atoms with Crippen LogP contribution in [0.3, 0.4) is 0 Å². The number of carbonyl (C=O) groups is 3. The minimum Gasteiger partial charge on any atom is -0.451 e. The Morgan fingerprint density at radius 3 is 2.32 bits per heavy atom. The predicted molar refractivity (Wildman–Crippen MR) is 92.9 cm³/mol. The fourth-order valence-electron chi connectivity index (χ4n) is 1.77. The molecule has 0 heterocycles. The average Bonchev–Trinajstić information content (AvgIpc) is 2.62. The Morgan fingerprint density at radius 2 is 1.82 bits per heavy atom. The molecular weight excluding hydrogens is 381 g/mol. The van der Waals surface area contributed by atoms with Crippen LogP contribution < -0.4 is 15.5 Å². The summed E-state index contributed by atoms with van der Waals surface area (Å²) >= 11 is 0. The number of nitriles is 1. The Hall–Kier alpha value is -3.55. The number of anilines is 1. The van der Waals surface area contributed by atoms with E-state index in [2.05, 4.69) is 4.74 Å². The molecule has 0 fully saturated rings. The molecule has 0 spiro atoms. The van der Waals surface area contributed by atoms with Crippen molar-refractivity contribution in [3.05, 3.63) is 35.4 Å². The standard InChI is InChI=1S/C17H17F3N4O4/c1-24(2)13-5-3-11(4-6-13)7-12(8-21)15(26)28-9-14(25)23-16(27)22-10-17(18,19)20/h3-7H,9-10H2,1-2H3,(H2,22,23,25,27)/b12-7+. The highest BCUT2D eigenvalue weighted by Crippen LogP contribution is 2.15. The van der Waals surface area contributed by atoms with Crippen LogP contribution in [0.2, 0.25) is 0 Å². The van der Waals surface area contributed by atoms with Crippen LogP contribution in [0, 0.1) is 11.3 Å². The first-order valence-electron chi connectivity index (χ1n) is 7.72. The van der Waals surface area contributed by atoms with Gasteiger partial charge in [-0.25, -0.2) is 9.59 Å². The van der Waals surface area contributed by atoms with Crippen LogP contribution in [0.1, 0.15) is 5.56 Å². The maximum absolute atomic E-state index is 11.9. The summed E-state index contributed by atoms with van der Waals surface area (Å²) < 4.78 is 40.4. The average molecular weight is 398 g/mol. The molecule has 0 saturated carbocycles. The number of hydrogen-bond acceptors (Lipinski definition) is 6. The fraction of sp³-hybridized carbons (Fsp3) is 0.294. The molecule has 0 radical (unpaired) electrons. The number of benzene rings is 1. The van der Waals surface area contributed by atoms with Crippen LogP contribution in [0.25, 0.3) is 6.08 Å². The molecule has 3 amide bonds. The summed E-state index contributed by atoms with van der Waals surface area (Å²) in [5.74, 6) is -2.27. The largest absolute Gasteiger partial charge is 0.451 e. The van der Waals surface area contributed by atoms with E-state index in [0.717, 1.165) is 5.69 Å². The molecule has 1 aromatic rings. The molecule has 0 atom stereocenters. The van der Waals surface area contributed by atoms with Crippen LogP contribution in [0.15, 0.2) is 29.8 Å². The minimum atomic E-state index is -4.63. The quantitative estimate of drug-likeness (QED) is 0.428. The second-order valence-electron chi connectivity index (χ2n) is 5.58. The highest BCUT2D eigenvalue weighted by Gasteiger charge is 2.28. The maximum atomic E-state index is 11.9. The van der Waals surface area contributed by atoms with Crippen molar-refractivity contribution in [3.8, 4) is 6.07 Å². The molecule has 28 heavy (non-hydrogen) atoms. The molecule has 8 nitrogen and oxygen atoms in total. The second-order valence-corrected chi connectivity index (χ2v) is 5.58. The molecule has 0 aliphatic carbocycles. The molecule has 1 aromatic carbocycles. The number of amides is 3. The summed E-state index contributed by atoms with van der Waals surface area (Å²) in [6.07, 6.45) is -3.39. The number of imide groups is 1. The lowest BCUT2D eigenvalue weighted by atomic mass is 10.1. The predicted octanol–water partition coefficient (Wildman–Crippen LogP) is 1.59. The summed E-state index contributed by atoms with van der Waals surface area (Å²) in [5.41, 5.74) is 1.04. The molecule has 0 unspecified atom stereocenters. The Morgan fingerprint density at radius 1 is 1.21 bits per heavy atom. The summed E-state index contributed by atoms with van der Waals surface area (Å²) in [5, 5.41) is 12.0. The van der Waals surface area contributed by atoms with E-state index in [-0.39, 0.29) is 0 Å². The van der Waals surface area contributed by atoms with Gasteiger partial charge in [-0.15, -0.1) is 0 Å². The van der Waals surface area contributed by atoms with Crippen LogP contribution in [0.5, 0.6) is 0 Å². The smallest absolute Gasteiger partial charge is 0.405 e. The summed E-state index contributed by atoms with van der Waals surface area (Å²) in [4.78, 5) is 36.2. The number of rotatable bonds is 6. The van der Waals surface area contributed by atoms with Gasteiger partial charge in [0.15, 0.2) is 6.61 Å². The van der Waals surface area contributed by atoms with Gasteiger partial charge in [0.1, 0.15) is 18.2 Å². The second kappa shape index (κ2) is 9.96. The highest BCUT2D eigenvalue weighted by molar-refractivity contribution is 6.00. The van der Waals surface area contributed by atoms with Crippen molar-refractivity contribution >= 4 is 29.7 Å². The van der Waals surface area contributed by atoms with Crippen LogP contribution in [-0.2, 0) is 14.3 Å². The van der Waals surface area contributed by atoms with E-state index in [1.165, 1.54) is 11.4 Å². The first kappa shape index (κ1) is 22.5. The molecule has 0 saturated heterocycles. The van der Waals surface area contributed by atoms with Gasteiger partial charge in [0.25, 0.3) is 5.91 Å². The van der Waals surface area contributed by atoms with Gasteiger partial charge >= 0.3 is 18.2 Å². The van der Waals surface area contributed by atoms with Gasteiger partial charge in [-0.3, -0.25) is 10.1 Å². The normalized spacial score (nSPS) is 11.2. The highest BCUT2D eigenvalue weighted by atomic mass is 19.4. The van der Waals surface area contributed by atoms with Crippen molar-refractivity contribution in [2.45, 2.75) is 6.18 Å². The Kier molecular flexibility index (Phi) is 8.00. The monoisotopic (exact) mass is 398 g/mol. The number of esters is 1. The van der Waals surface area contributed by atoms with Gasteiger partial charge in [0.2, 0.25) is 0 Å². The third-order valence-electron chi connectivity index (χ3n) is 3.10. The summed E-state index contributed by atoms with van der Waals surface area (Å²) in [6, 6.07) is 7.09. The number of nitrogens with zero attached hydrogens (tertiary/aromatic N) is 2. The molecule has 11 heteroatoms. The van der Waals surface area contributed by atoms with Gasteiger partial charge < -0.3 is 15.0 Å². The first-order chi connectivity index (χ1) is 13.0. The van der Waals surface area contributed by atoms with Crippen molar-refractivity contribution < 1.29 is 32.3 Å². The zero-order valence-electron chi connectivity index (χ0n) is 15.0. The van der Waals surface area contributed by atoms with Crippen molar-refractivity contribution in [1.29, 1.82) is 5.26 Å². The van der Waals surface area contributed by atoms with Crippen LogP contribution >= 0.6 is 0 Å².